The normalized spacial score (nSPS) is 15.6. The molecule has 0 radical (unpaired) electrons. The summed E-state index contributed by atoms with van der Waals surface area (Å²) in [5, 5.41) is 0. The fraction of sp³-hybridized carbons (Fsp3) is 0.875. The van der Waals surface area contributed by atoms with Gasteiger partial charge in [-0.25, -0.2) is 0 Å². The molecule has 0 aliphatic carbocycles. The molecule has 0 heterocycles. The van der Waals surface area contributed by atoms with Gasteiger partial charge < -0.3 is 0 Å². The van der Waals surface area contributed by atoms with Gasteiger partial charge in [-0.3, -0.25) is 0 Å². The molecule has 102 valence electrons. The van der Waals surface area contributed by atoms with Crippen LogP contribution >= 0.6 is 11.8 Å². The van der Waals surface area contributed by atoms with E-state index in [-0.39, 0.29) is 0 Å². The van der Waals surface area contributed by atoms with Crippen molar-refractivity contribution >= 4 is 11.8 Å². The van der Waals surface area contributed by atoms with E-state index < -0.39 is 0 Å². The van der Waals surface area contributed by atoms with Crippen LogP contribution in [0.25, 0.3) is 0 Å². The summed E-state index contributed by atoms with van der Waals surface area (Å²) in [5.41, 5.74) is 0. The lowest BCUT2D eigenvalue weighted by atomic mass is 9.90. The molecule has 0 aliphatic heterocycles. The number of rotatable bonds is 10. The number of thioether (sulfide) groups is 1. The molecule has 0 rings (SSSR count). The van der Waals surface area contributed by atoms with Crippen molar-refractivity contribution in [3.05, 3.63) is 12.2 Å². The summed E-state index contributed by atoms with van der Waals surface area (Å²) in [6, 6.07) is 0. The average Bonchev–Trinajstić information content (AvgIpc) is 2.31. The van der Waals surface area contributed by atoms with Crippen LogP contribution < -0.4 is 0 Å². The highest BCUT2D eigenvalue weighted by Crippen LogP contribution is 2.24. The number of hydrogen-bond acceptors (Lipinski definition) is 1. The van der Waals surface area contributed by atoms with Crippen LogP contribution in [0.1, 0.15) is 60.3 Å². The lowest BCUT2D eigenvalue weighted by Crippen LogP contribution is -2.12. The van der Waals surface area contributed by atoms with Crippen LogP contribution in [0.5, 0.6) is 0 Å². The van der Waals surface area contributed by atoms with Crippen molar-refractivity contribution in [2.45, 2.75) is 60.3 Å². The lowest BCUT2D eigenvalue weighted by molar-refractivity contribution is 0.365. The fourth-order valence-corrected chi connectivity index (χ4v) is 3.24. The van der Waals surface area contributed by atoms with Crippen LogP contribution in [-0.4, -0.2) is 11.5 Å². The minimum atomic E-state index is 0.838. The van der Waals surface area contributed by atoms with Gasteiger partial charge in [0.2, 0.25) is 0 Å². The summed E-state index contributed by atoms with van der Waals surface area (Å²) in [4.78, 5) is 0. The van der Waals surface area contributed by atoms with Gasteiger partial charge in [0, 0.05) is 5.75 Å². The molecule has 1 heteroatoms. The molecule has 2 atom stereocenters. The summed E-state index contributed by atoms with van der Waals surface area (Å²) in [5.74, 6) is 5.19. The molecule has 0 aromatic rings. The molecular weight excluding hydrogens is 224 g/mol. The van der Waals surface area contributed by atoms with E-state index in [1.165, 1.54) is 37.2 Å². The van der Waals surface area contributed by atoms with Gasteiger partial charge in [0.25, 0.3) is 0 Å². The molecule has 0 bridgehead atoms. The molecule has 0 saturated heterocycles. The van der Waals surface area contributed by atoms with Crippen LogP contribution in [0.2, 0.25) is 0 Å². The van der Waals surface area contributed by atoms with Gasteiger partial charge in [0.15, 0.2) is 0 Å². The Labute approximate surface area is 114 Å². The average molecular weight is 256 g/mol. The summed E-state index contributed by atoms with van der Waals surface area (Å²) < 4.78 is 0. The minimum absolute atomic E-state index is 0.838. The van der Waals surface area contributed by atoms with Crippen LogP contribution in [0.4, 0.5) is 0 Å². The third-order valence-corrected chi connectivity index (χ3v) is 4.79. The van der Waals surface area contributed by atoms with Crippen molar-refractivity contribution in [1.82, 2.24) is 0 Å². The van der Waals surface area contributed by atoms with Gasteiger partial charge in [-0.2, -0.15) is 11.8 Å². The van der Waals surface area contributed by atoms with Crippen LogP contribution in [0, 0.1) is 17.8 Å². The highest BCUT2D eigenvalue weighted by molar-refractivity contribution is 7.99. The Morgan fingerprint density at radius 3 is 2.35 bits per heavy atom. The Kier molecular flexibility index (Phi) is 11.3. The van der Waals surface area contributed by atoms with Gasteiger partial charge in [-0.15, -0.1) is 0 Å². The molecule has 0 fully saturated rings. The van der Waals surface area contributed by atoms with Gasteiger partial charge >= 0.3 is 0 Å². The van der Waals surface area contributed by atoms with Crippen LogP contribution in [-0.2, 0) is 0 Å². The summed E-state index contributed by atoms with van der Waals surface area (Å²) in [7, 11) is 0. The Bertz CT molecular complexity index is 184. The van der Waals surface area contributed by atoms with Crippen molar-refractivity contribution in [2.24, 2.45) is 17.8 Å². The molecular formula is C16H32S. The van der Waals surface area contributed by atoms with Crippen LogP contribution in [0.3, 0.4) is 0 Å². The van der Waals surface area contributed by atoms with Gasteiger partial charge in [0.1, 0.15) is 0 Å². The van der Waals surface area contributed by atoms with Crippen LogP contribution in [0.15, 0.2) is 12.2 Å². The highest BCUT2D eigenvalue weighted by Gasteiger charge is 2.13. The third-order valence-electron chi connectivity index (χ3n) is 3.69. The SMILES string of the molecule is C/C=C\CSCC(CCCC(C)CC)C(C)C. The predicted molar refractivity (Wildman–Crippen MR) is 83.8 cm³/mol. The van der Waals surface area contributed by atoms with E-state index in [9.17, 15) is 0 Å². The van der Waals surface area contributed by atoms with Gasteiger partial charge in [-0.05, 0) is 36.9 Å². The second-order valence-corrected chi connectivity index (χ2v) is 6.63. The van der Waals surface area contributed by atoms with E-state index >= 15 is 0 Å². The Morgan fingerprint density at radius 1 is 1.12 bits per heavy atom. The monoisotopic (exact) mass is 256 g/mol. The zero-order chi connectivity index (χ0) is 13.1. The molecule has 17 heavy (non-hydrogen) atoms. The zero-order valence-corrected chi connectivity index (χ0v) is 13.4. The first-order chi connectivity index (χ1) is 8.11. The van der Waals surface area contributed by atoms with Crippen molar-refractivity contribution in [3.63, 3.8) is 0 Å². The number of allylic oxidation sites excluding steroid dienone is 1. The third kappa shape index (κ3) is 9.76. The van der Waals surface area contributed by atoms with E-state index in [2.05, 4.69) is 58.5 Å². The minimum Gasteiger partial charge on any atom is -0.158 e. The molecule has 0 aromatic heterocycles. The molecule has 0 amide bonds. The highest BCUT2D eigenvalue weighted by atomic mass is 32.2. The van der Waals surface area contributed by atoms with E-state index in [1.807, 2.05) is 0 Å². The molecule has 2 unspecified atom stereocenters. The second kappa shape index (κ2) is 11.2. The summed E-state index contributed by atoms with van der Waals surface area (Å²) >= 11 is 2.09. The molecule has 0 aromatic carbocycles. The van der Waals surface area contributed by atoms with E-state index in [1.54, 1.807) is 0 Å². The smallest absolute Gasteiger partial charge is 0.0113 e. The Morgan fingerprint density at radius 2 is 1.82 bits per heavy atom. The lowest BCUT2D eigenvalue weighted by Gasteiger charge is -2.21. The topological polar surface area (TPSA) is 0 Å². The zero-order valence-electron chi connectivity index (χ0n) is 12.5. The molecule has 0 aliphatic rings. The number of hydrogen-bond donors (Lipinski definition) is 0. The second-order valence-electron chi connectivity index (χ2n) is 5.55. The molecule has 0 saturated carbocycles. The first-order valence-corrected chi connectivity index (χ1v) is 8.46. The largest absolute Gasteiger partial charge is 0.158 e. The maximum atomic E-state index is 2.38. The summed E-state index contributed by atoms with van der Waals surface area (Å²) in [6.45, 7) is 11.5. The maximum Gasteiger partial charge on any atom is 0.0113 e. The Balaban J connectivity index is 3.74. The first kappa shape index (κ1) is 17.1. The summed E-state index contributed by atoms with van der Waals surface area (Å²) in [6.07, 6.45) is 10.0. The quantitative estimate of drug-likeness (QED) is 0.352. The van der Waals surface area contributed by atoms with Crippen molar-refractivity contribution in [1.29, 1.82) is 0 Å². The van der Waals surface area contributed by atoms with Crippen molar-refractivity contribution in [3.8, 4) is 0 Å². The predicted octanol–water partition coefficient (Wildman–Crippen LogP) is 5.78. The van der Waals surface area contributed by atoms with E-state index in [0.717, 1.165) is 17.8 Å². The Hall–Kier alpha value is 0.0900. The van der Waals surface area contributed by atoms with E-state index in [0.29, 0.717) is 0 Å². The molecule has 0 nitrogen and oxygen atoms in total. The van der Waals surface area contributed by atoms with Gasteiger partial charge in [-0.1, -0.05) is 59.1 Å². The van der Waals surface area contributed by atoms with Gasteiger partial charge in [0.05, 0.1) is 0 Å². The van der Waals surface area contributed by atoms with Crippen molar-refractivity contribution in [2.75, 3.05) is 11.5 Å². The first-order valence-electron chi connectivity index (χ1n) is 7.30. The maximum absolute atomic E-state index is 2.38. The standard InChI is InChI=1S/C16H32S/c1-6-8-12-17-13-16(14(3)4)11-9-10-15(5)7-2/h6,8,14-16H,7,9-13H2,1-5H3/b8-6-. The van der Waals surface area contributed by atoms with E-state index in [4.69, 9.17) is 0 Å². The van der Waals surface area contributed by atoms with Crippen molar-refractivity contribution < 1.29 is 0 Å². The molecule has 0 N–H and O–H groups in total. The molecule has 0 spiro atoms. The fourth-order valence-electron chi connectivity index (χ4n) is 1.93.